The molecule has 0 unspecified atom stereocenters. The number of pyridine rings is 1. The van der Waals surface area contributed by atoms with Gasteiger partial charge in [-0.25, -0.2) is 13.8 Å². The van der Waals surface area contributed by atoms with Gasteiger partial charge >= 0.3 is 0 Å². The van der Waals surface area contributed by atoms with Gasteiger partial charge in [0.15, 0.2) is 0 Å². The van der Waals surface area contributed by atoms with Crippen molar-refractivity contribution in [3.8, 4) is 11.4 Å². The van der Waals surface area contributed by atoms with Gasteiger partial charge in [-0.15, -0.1) is 0 Å². The zero-order chi connectivity index (χ0) is 20.1. The molecule has 3 heterocycles. The molecule has 4 aromatic rings. The summed E-state index contributed by atoms with van der Waals surface area (Å²) in [5.74, 6) is -1.01. The number of fused-ring (bicyclic) bond motifs is 1. The molecule has 3 aromatic heterocycles. The molecular weight excluding hydrogens is 380 g/mol. The summed E-state index contributed by atoms with van der Waals surface area (Å²) in [6.45, 7) is 1.56. The van der Waals surface area contributed by atoms with Crippen molar-refractivity contribution < 1.29 is 18.1 Å². The standard InChI is InChI=1S/C20H15F2N5O2/c1-10-13(21)6-11(18-25-20(29-26-18)12-8-14(12)22)7-15(10)24-19(28)16-9-23-17-4-2-3-5-27(16)17/h2-7,9,12,14H,8H2,1H3,(H,24,28)/t12-,14-/m0/s1. The summed E-state index contributed by atoms with van der Waals surface area (Å²) in [7, 11) is 0. The molecule has 1 aliphatic carbocycles. The van der Waals surface area contributed by atoms with Gasteiger partial charge < -0.3 is 9.84 Å². The first kappa shape index (κ1) is 17.5. The predicted molar refractivity (Wildman–Crippen MR) is 99.8 cm³/mol. The molecule has 1 N–H and O–H groups in total. The molecule has 1 aromatic carbocycles. The Hall–Kier alpha value is -3.62. The van der Waals surface area contributed by atoms with E-state index in [0.717, 1.165) is 0 Å². The van der Waals surface area contributed by atoms with E-state index in [1.54, 1.807) is 35.7 Å². The fraction of sp³-hybridized carbons (Fsp3) is 0.200. The molecule has 9 heteroatoms. The number of nitrogens with one attached hydrogen (secondary N) is 1. The smallest absolute Gasteiger partial charge is 0.274 e. The van der Waals surface area contributed by atoms with Gasteiger partial charge in [0.2, 0.25) is 11.7 Å². The molecule has 1 fully saturated rings. The van der Waals surface area contributed by atoms with Crippen LogP contribution in [-0.2, 0) is 0 Å². The Morgan fingerprint density at radius 1 is 1.34 bits per heavy atom. The maximum Gasteiger partial charge on any atom is 0.274 e. The zero-order valence-electron chi connectivity index (χ0n) is 15.3. The number of rotatable bonds is 4. The van der Waals surface area contributed by atoms with Crippen molar-refractivity contribution in [3.63, 3.8) is 0 Å². The van der Waals surface area contributed by atoms with Crippen molar-refractivity contribution in [2.75, 3.05) is 5.32 Å². The number of aromatic nitrogens is 4. The van der Waals surface area contributed by atoms with Crippen LogP contribution in [0, 0.1) is 12.7 Å². The maximum absolute atomic E-state index is 14.5. The van der Waals surface area contributed by atoms with Gasteiger partial charge in [-0.3, -0.25) is 9.20 Å². The largest absolute Gasteiger partial charge is 0.339 e. The molecule has 29 heavy (non-hydrogen) atoms. The summed E-state index contributed by atoms with van der Waals surface area (Å²) >= 11 is 0. The Morgan fingerprint density at radius 3 is 2.97 bits per heavy atom. The van der Waals surface area contributed by atoms with Gasteiger partial charge in [-0.05, 0) is 37.6 Å². The first-order valence-electron chi connectivity index (χ1n) is 9.03. The van der Waals surface area contributed by atoms with Crippen LogP contribution in [-0.4, -0.2) is 31.6 Å². The molecule has 2 atom stereocenters. The van der Waals surface area contributed by atoms with Crippen molar-refractivity contribution in [2.24, 2.45) is 0 Å². The number of hydrogen-bond acceptors (Lipinski definition) is 5. The Balaban J connectivity index is 1.47. The van der Waals surface area contributed by atoms with Gasteiger partial charge in [0.25, 0.3) is 5.91 Å². The van der Waals surface area contributed by atoms with E-state index in [9.17, 15) is 13.6 Å². The summed E-state index contributed by atoms with van der Waals surface area (Å²) in [6.07, 6.45) is 2.55. The number of carbonyl (C=O) groups is 1. The summed E-state index contributed by atoms with van der Waals surface area (Å²) in [5.41, 5.74) is 1.81. The Kier molecular flexibility index (Phi) is 3.90. The van der Waals surface area contributed by atoms with Crippen molar-refractivity contribution >= 4 is 17.2 Å². The minimum absolute atomic E-state index is 0.142. The molecule has 0 spiro atoms. The lowest BCUT2D eigenvalue weighted by molar-refractivity contribution is 0.102. The van der Waals surface area contributed by atoms with Crippen LogP contribution in [0.3, 0.4) is 0 Å². The number of nitrogens with zero attached hydrogens (tertiary/aromatic N) is 4. The molecular formula is C20H15F2N5O2. The second-order valence-electron chi connectivity index (χ2n) is 6.97. The van der Waals surface area contributed by atoms with Gasteiger partial charge in [0, 0.05) is 23.0 Å². The molecule has 0 saturated heterocycles. The van der Waals surface area contributed by atoms with Crippen molar-refractivity contribution in [3.05, 3.63) is 65.7 Å². The normalized spacial score (nSPS) is 18.2. The van der Waals surface area contributed by atoms with Crippen LogP contribution in [0.4, 0.5) is 14.5 Å². The number of amides is 1. The quantitative estimate of drug-likeness (QED) is 0.566. The molecule has 5 rings (SSSR count). The van der Waals surface area contributed by atoms with Crippen LogP contribution >= 0.6 is 0 Å². The molecule has 1 amide bonds. The highest BCUT2D eigenvalue weighted by molar-refractivity contribution is 6.04. The van der Waals surface area contributed by atoms with E-state index >= 15 is 0 Å². The van der Waals surface area contributed by atoms with Gasteiger partial charge in [0.1, 0.15) is 23.3 Å². The lowest BCUT2D eigenvalue weighted by Crippen LogP contribution is -2.15. The minimum atomic E-state index is -0.974. The van der Waals surface area contributed by atoms with Gasteiger partial charge in [-0.2, -0.15) is 4.98 Å². The van der Waals surface area contributed by atoms with E-state index in [2.05, 4.69) is 20.4 Å². The van der Waals surface area contributed by atoms with Crippen LogP contribution < -0.4 is 5.32 Å². The third-order valence-corrected chi connectivity index (χ3v) is 4.97. The van der Waals surface area contributed by atoms with Crippen molar-refractivity contribution in [1.29, 1.82) is 0 Å². The lowest BCUT2D eigenvalue weighted by atomic mass is 10.1. The van der Waals surface area contributed by atoms with Crippen molar-refractivity contribution in [2.45, 2.75) is 25.4 Å². The number of halogens is 2. The Morgan fingerprint density at radius 2 is 2.17 bits per heavy atom. The molecule has 7 nitrogen and oxygen atoms in total. The average Bonchev–Trinajstić information content (AvgIpc) is 3.12. The third-order valence-electron chi connectivity index (χ3n) is 4.97. The first-order valence-corrected chi connectivity index (χ1v) is 9.03. The number of imidazole rings is 1. The number of anilines is 1. The van der Waals surface area contributed by atoms with Gasteiger partial charge in [-0.1, -0.05) is 11.2 Å². The molecule has 146 valence electrons. The highest BCUT2D eigenvalue weighted by Crippen LogP contribution is 2.43. The lowest BCUT2D eigenvalue weighted by Gasteiger charge is -2.10. The van der Waals surface area contributed by atoms with E-state index in [0.29, 0.717) is 23.3 Å². The van der Waals surface area contributed by atoms with E-state index in [1.165, 1.54) is 12.3 Å². The number of benzene rings is 1. The number of hydrogen-bond donors (Lipinski definition) is 1. The van der Waals surface area contributed by atoms with Crippen LogP contribution in [0.15, 0.2) is 47.2 Å². The fourth-order valence-corrected chi connectivity index (χ4v) is 3.15. The summed E-state index contributed by atoms with van der Waals surface area (Å²) in [6, 6.07) is 8.20. The Labute approximate surface area is 163 Å². The Bertz CT molecular complexity index is 1250. The molecule has 1 saturated carbocycles. The minimum Gasteiger partial charge on any atom is -0.339 e. The second kappa shape index (κ2) is 6.47. The van der Waals surface area contributed by atoms with Crippen LogP contribution in [0.5, 0.6) is 0 Å². The molecule has 0 aliphatic heterocycles. The molecule has 0 bridgehead atoms. The van der Waals surface area contributed by atoms with E-state index in [1.807, 2.05) is 6.07 Å². The topological polar surface area (TPSA) is 85.3 Å². The third kappa shape index (κ3) is 3.04. The SMILES string of the molecule is Cc1c(F)cc(-c2noc([C@H]3C[C@@H]3F)n2)cc1NC(=O)c1cnc2ccccn12. The molecule has 0 radical (unpaired) electrons. The van der Waals surface area contributed by atoms with E-state index < -0.39 is 17.9 Å². The molecule has 1 aliphatic rings. The van der Waals surface area contributed by atoms with Crippen LogP contribution in [0.25, 0.3) is 17.0 Å². The van der Waals surface area contributed by atoms with E-state index in [4.69, 9.17) is 4.52 Å². The van der Waals surface area contributed by atoms with E-state index in [-0.39, 0.29) is 28.9 Å². The highest BCUT2D eigenvalue weighted by atomic mass is 19.1. The van der Waals surface area contributed by atoms with Crippen LogP contribution in [0.2, 0.25) is 0 Å². The van der Waals surface area contributed by atoms with Gasteiger partial charge in [0.05, 0.1) is 12.1 Å². The average molecular weight is 395 g/mol. The van der Waals surface area contributed by atoms with Crippen LogP contribution in [0.1, 0.15) is 34.3 Å². The predicted octanol–water partition coefficient (Wildman–Crippen LogP) is 3.91. The summed E-state index contributed by atoms with van der Waals surface area (Å²) in [4.78, 5) is 21.1. The zero-order valence-corrected chi connectivity index (χ0v) is 15.3. The second-order valence-corrected chi connectivity index (χ2v) is 6.97. The fourth-order valence-electron chi connectivity index (χ4n) is 3.15. The first-order chi connectivity index (χ1) is 14.0. The number of carbonyl (C=O) groups excluding carboxylic acids is 1. The summed E-state index contributed by atoms with van der Waals surface area (Å²) in [5, 5.41) is 6.54. The number of alkyl halides is 1. The highest BCUT2D eigenvalue weighted by Gasteiger charge is 2.43. The van der Waals surface area contributed by atoms with Crippen molar-refractivity contribution in [1.82, 2.24) is 19.5 Å². The monoisotopic (exact) mass is 395 g/mol. The maximum atomic E-state index is 14.5. The summed E-state index contributed by atoms with van der Waals surface area (Å²) < 4.78 is 34.4.